The molecular weight excluding hydrogens is 446 g/mol. The number of nitrogens with zero attached hydrogens (tertiary/aromatic N) is 3. The van der Waals surface area contributed by atoms with E-state index >= 15 is 0 Å². The maximum atomic E-state index is 10.6. The summed E-state index contributed by atoms with van der Waals surface area (Å²) in [6.07, 6.45) is 14.7. The van der Waals surface area contributed by atoms with Crippen LogP contribution in [0.15, 0.2) is 59.8 Å². The molecule has 0 unspecified atom stereocenters. The van der Waals surface area contributed by atoms with E-state index in [0.29, 0.717) is 12.5 Å². The number of hydrogen-bond donors (Lipinski definition) is 0. The summed E-state index contributed by atoms with van der Waals surface area (Å²) in [6.45, 7) is 9.83. The molecule has 0 amide bonds. The Bertz CT molecular complexity index is 1010. The summed E-state index contributed by atoms with van der Waals surface area (Å²) in [5, 5.41) is 0.808. The third kappa shape index (κ3) is 8.45. The number of benzene rings is 1. The van der Waals surface area contributed by atoms with Crippen LogP contribution in [-0.2, 0) is 11.3 Å². The first-order chi connectivity index (χ1) is 16.6. The van der Waals surface area contributed by atoms with Crippen molar-refractivity contribution in [2.24, 2.45) is 0 Å². The number of anilines is 1. The number of aldehydes is 1. The number of aryl methyl sites for hydroxylation is 1. The molecule has 0 aliphatic heterocycles. The van der Waals surface area contributed by atoms with Crippen LogP contribution < -0.4 is 9.64 Å². The molecule has 0 saturated carbocycles. The van der Waals surface area contributed by atoms with Crippen LogP contribution in [0.2, 0.25) is 0 Å². The highest BCUT2D eigenvalue weighted by Crippen LogP contribution is 2.24. The fourth-order valence-corrected chi connectivity index (χ4v) is 3.71. The predicted molar refractivity (Wildman–Crippen MR) is 142 cm³/mol. The summed E-state index contributed by atoms with van der Waals surface area (Å²) < 4.78 is 5.48. The fraction of sp³-hybridized carbons (Fsp3) is 0.393. The number of aromatic nitrogens is 2. The Kier molecular flexibility index (Phi) is 12.1. The lowest BCUT2D eigenvalue weighted by Gasteiger charge is -2.23. The van der Waals surface area contributed by atoms with E-state index in [1.165, 1.54) is 0 Å². The van der Waals surface area contributed by atoms with E-state index in [-0.39, 0.29) is 6.61 Å². The number of carbonyl (C=O) groups excluding carboxylic acids is 1. The topological polar surface area (TPSA) is 55.3 Å². The van der Waals surface area contributed by atoms with Crippen molar-refractivity contribution in [1.29, 1.82) is 0 Å². The zero-order chi connectivity index (χ0) is 24.8. The van der Waals surface area contributed by atoms with Crippen LogP contribution in [0.3, 0.4) is 0 Å². The van der Waals surface area contributed by atoms with Crippen molar-refractivity contribution in [2.75, 3.05) is 18.1 Å². The molecular formula is C28H36ClN3O2. The number of halogens is 1. The van der Waals surface area contributed by atoms with Gasteiger partial charge in [0.25, 0.3) is 0 Å². The Balaban J connectivity index is 0.00000199. The largest absolute Gasteiger partial charge is 0.486 e. The van der Waals surface area contributed by atoms with Gasteiger partial charge in [0, 0.05) is 36.3 Å². The van der Waals surface area contributed by atoms with E-state index < -0.39 is 0 Å². The standard InChI is InChI=1S/C26H30ClN3O2.C2H6/c1-3-4-5-15-30(19-21-9-12-25(20(2)18-21)32-17-16-31)26-28-14-13-24(29-26)22-7-6-8-23(27)11-10-22;1-2/h6-7,9-14,16,18H,3-5,8,15,17,19H2,1-2H3;1-2H3. The van der Waals surface area contributed by atoms with Gasteiger partial charge in [-0.1, -0.05) is 75.6 Å². The van der Waals surface area contributed by atoms with Gasteiger partial charge in [-0.2, -0.15) is 0 Å². The second-order valence-corrected chi connectivity index (χ2v) is 8.28. The molecule has 1 aliphatic carbocycles. The molecule has 0 radical (unpaired) electrons. The quantitative estimate of drug-likeness (QED) is 0.254. The highest BCUT2D eigenvalue weighted by atomic mass is 35.5. The van der Waals surface area contributed by atoms with Crippen molar-refractivity contribution in [3.63, 3.8) is 0 Å². The summed E-state index contributed by atoms with van der Waals surface area (Å²) in [7, 11) is 0. The van der Waals surface area contributed by atoms with Crippen LogP contribution in [0.5, 0.6) is 5.75 Å². The fourth-order valence-electron chi connectivity index (χ4n) is 3.55. The molecule has 0 fully saturated rings. The first-order valence-corrected chi connectivity index (χ1v) is 12.5. The van der Waals surface area contributed by atoms with Crippen LogP contribution >= 0.6 is 11.6 Å². The van der Waals surface area contributed by atoms with Crippen molar-refractivity contribution in [2.45, 2.75) is 59.9 Å². The van der Waals surface area contributed by atoms with E-state index in [2.05, 4.69) is 35.0 Å². The van der Waals surface area contributed by atoms with Crippen molar-refractivity contribution in [1.82, 2.24) is 9.97 Å². The van der Waals surface area contributed by atoms with Crippen molar-refractivity contribution < 1.29 is 9.53 Å². The highest BCUT2D eigenvalue weighted by Gasteiger charge is 2.13. The van der Waals surface area contributed by atoms with Gasteiger partial charge in [-0.3, -0.25) is 4.79 Å². The summed E-state index contributed by atoms with van der Waals surface area (Å²) in [4.78, 5) is 22.3. The lowest BCUT2D eigenvalue weighted by molar-refractivity contribution is -0.109. The second kappa shape index (κ2) is 15.1. The third-order valence-corrected chi connectivity index (χ3v) is 5.51. The molecule has 1 aromatic heterocycles. The van der Waals surface area contributed by atoms with Gasteiger partial charge in [-0.15, -0.1) is 0 Å². The molecule has 6 heteroatoms. The summed E-state index contributed by atoms with van der Waals surface area (Å²) in [5.74, 6) is 1.45. The molecule has 1 heterocycles. The Morgan fingerprint density at radius 3 is 2.74 bits per heavy atom. The maximum Gasteiger partial charge on any atom is 0.226 e. The Morgan fingerprint density at radius 1 is 1.18 bits per heavy atom. The molecule has 182 valence electrons. The minimum absolute atomic E-state index is 0.0641. The summed E-state index contributed by atoms with van der Waals surface area (Å²) >= 11 is 6.17. The SMILES string of the molecule is CC.CCCCCN(Cc1ccc(OCC=O)c(C)c1)c1nccc(C2=CC=C(Cl)CC=C2)n1. The smallest absolute Gasteiger partial charge is 0.226 e. The first-order valence-electron chi connectivity index (χ1n) is 12.1. The molecule has 5 nitrogen and oxygen atoms in total. The monoisotopic (exact) mass is 481 g/mol. The van der Waals surface area contributed by atoms with Gasteiger partial charge in [0.1, 0.15) is 12.4 Å². The maximum absolute atomic E-state index is 10.6. The predicted octanol–water partition coefficient (Wildman–Crippen LogP) is 7.05. The normalized spacial score (nSPS) is 12.6. The first kappa shape index (κ1) is 27.3. The third-order valence-electron chi connectivity index (χ3n) is 5.23. The summed E-state index contributed by atoms with van der Waals surface area (Å²) in [6, 6.07) is 7.99. The van der Waals surface area contributed by atoms with Gasteiger partial charge < -0.3 is 9.64 Å². The number of unbranched alkanes of at least 4 members (excludes halogenated alkanes) is 2. The van der Waals surface area contributed by atoms with Crippen LogP contribution in [0.4, 0.5) is 5.95 Å². The van der Waals surface area contributed by atoms with Crippen LogP contribution in [-0.4, -0.2) is 29.4 Å². The summed E-state index contributed by atoms with van der Waals surface area (Å²) in [5.41, 5.74) is 4.05. The zero-order valence-corrected chi connectivity index (χ0v) is 21.5. The molecule has 0 spiro atoms. The molecule has 1 aliphatic rings. The Morgan fingerprint density at radius 2 is 2.00 bits per heavy atom. The van der Waals surface area contributed by atoms with Gasteiger partial charge >= 0.3 is 0 Å². The van der Waals surface area contributed by atoms with Gasteiger partial charge in [-0.05, 0) is 42.7 Å². The Labute approximate surface area is 209 Å². The molecule has 34 heavy (non-hydrogen) atoms. The molecule has 0 bridgehead atoms. The van der Waals surface area contributed by atoms with E-state index in [9.17, 15) is 4.79 Å². The molecule has 3 rings (SSSR count). The Hall–Kier alpha value is -2.92. The lowest BCUT2D eigenvalue weighted by atomic mass is 10.1. The van der Waals surface area contributed by atoms with Gasteiger partial charge in [-0.25, -0.2) is 9.97 Å². The van der Waals surface area contributed by atoms with Gasteiger partial charge in [0.15, 0.2) is 6.29 Å². The zero-order valence-electron chi connectivity index (χ0n) is 20.8. The van der Waals surface area contributed by atoms with Gasteiger partial charge in [0.2, 0.25) is 5.95 Å². The molecule has 1 aromatic carbocycles. The number of hydrogen-bond acceptors (Lipinski definition) is 5. The van der Waals surface area contributed by atoms with Crippen LogP contribution in [0.25, 0.3) is 5.57 Å². The number of ether oxygens (including phenoxy) is 1. The van der Waals surface area contributed by atoms with E-state index in [0.717, 1.165) is 71.7 Å². The average molecular weight is 482 g/mol. The van der Waals surface area contributed by atoms with Crippen molar-refractivity contribution in [3.05, 3.63) is 76.6 Å². The molecule has 2 aromatic rings. The van der Waals surface area contributed by atoms with Crippen LogP contribution in [0, 0.1) is 6.92 Å². The number of carbonyl (C=O) groups is 1. The molecule has 0 atom stereocenters. The van der Waals surface area contributed by atoms with Gasteiger partial charge in [0.05, 0.1) is 5.69 Å². The van der Waals surface area contributed by atoms with Crippen molar-refractivity contribution in [3.8, 4) is 5.75 Å². The van der Waals surface area contributed by atoms with Crippen LogP contribution in [0.1, 0.15) is 63.3 Å². The highest BCUT2D eigenvalue weighted by molar-refractivity contribution is 6.29. The molecule has 0 saturated heterocycles. The molecule has 0 N–H and O–H groups in total. The number of rotatable bonds is 11. The van der Waals surface area contributed by atoms with E-state index in [1.54, 1.807) is 0 Å². The number of allylic oxidation sites excluding steroid dienone is 6. The minimum atomic E-state index is 0.0641. The van der Waals surface area contributed by atoms with Crippen molar-refractivity contribution >= 4 is 29.4 Å². The van der Waals surface area contributed by atoms with E-state index in [4.69, 9.17) is 21.3 Å². The minimum Gasteiger partial charge on any atom is -0.486 e. The lowest BCUT2D eigenvalue weighted by Crippen LogP contribution is -2.26. The van der Waals surface area contributed by atoms with E-state index in [1.807, 2.05) is 57.3 Å². The average Bonchev–Trinajstić information content (AvgIpc) is 3.09. The second-order valence-electron chi connectivity index (χ2n) is 7.79.